The zero-order valence-electron chi connectivity index (χ0n) is 17.9. The van der Waals surface area contributed by atoms with Crippen molar-refractivity contribution in [2.75, 3.05) is 26.2 Å². The van der Waals surface area contributed by atoms with E-state index in [2.05, 4.69) is 10.6 Å². The Bertz CT molecular complexity index is 855. The maximum Gasteiger partial charge on any atom is 0.253 e. The normalized spacial score (nSPS) is 17.9. The first-order valence-electron chi connectivity index (χ1n) is 11.1. The molecule has 31 heavy (non-hydrogen) atoms. The van der Waals surface area contributed by atoms with E-state index in [0.717, 1.165) is 12.8 Å². The molecular weight excluding hydrogens is 390 g/mol. The van der Waals surface area contributed by atoms with Crippen LogP contribution in [0.25, 0.3) is 0 Å². The Kier molecular flexibility index (Phi) is 8.64. The van der Waals surface area contributed by atoms with Gasteiger partial charge in [0.1, 0.15) is 0 Å². The highest BCUT2D eigenvalue weighted by Gasteiger charge is 2.22. The molecule has 0 radical (unpaired) electrons. The first kappa shape index (κ1) is 22.5. The molecule has 6 nitrogen and oxygen atoms in total. The summed E-state index contributed by atoms with van der Waals surface area (Å²) >= 11 is 0. The molecule has 0 saturated carbocycles. The fourth-order valence-corrected chi connectivity index (χ4v) is 3.84. The van der Waals surface area contributed by atoms with Crippen molar-refractivity contribution in [2.24, 2.45) is 5.92 Å². The van der Waals surface area contributed by atoms with Crippen molar-refractivity contribution in [1.29, 1.82) is 0 Å². The monoisotopic (exact) mass is 421 g/mol. The van der Waals surface area contributed by atoms with E-state index in [-0.39, 0.29) is 30.1 Å². The van der Waals surface area contributed by atoms with Crippen molar-refractivity contribution in [2.45, 2.75) is 32.1 Å². The molecule has 1 unspecified atom stereocenters. The molecule has 2 aromatic rings. The van der Waals surface area contributed by atoms with Crippen molar-refractivity contribution < 1.29 is 14.4 Å². The number of benzene rings is 2. The third-order valence-electron chi connectivity index (χ3n) is 5.64. The van der Waals surface area contributed by atoms with Crippen LogP contribution in [0.5, 0.6) is 0 Å². The quantitative estimate of drug-likeness (QED) is 0.779. The maximum absolute atomic E-state index is 12.9. The summed E-state index contributed by atoms with van der Waals surface area (Å²) in [5, 5.41) is 5.93. The van der Waals surface area contributed by atoms with Gasteiger partial charge in [-0.05, 0) is 43.4 Å². The fourth-order valence-electron chi connectivity index (χ4n) is 3.84. The van der Waals surface area contributed by atoms with E-state index in [1.807, 2.05) is 48.5 Å². The molecule has 1 atom stereocenters. The molecular formula is C25H31N3O3. The van der Waals surface area contributed by atoms with Crippen molar-refractivity contribution in [3.8, 4) is 0 Å². The standard InChI is InChI=1S/C25H31N3O3/c29-23-15-19-28(25(31)22-10-5-2-6-11-22)18-7-12-21(14-17-26-23)24(30)27-16-13-20-8-3-1-4-9-20/h1-6,8-11,21H,7,12-19H2,(H,26,29)(H,27,30). The third kappa shape index (κ3) is 7.24. The molecule has 6 heteroatoms. The molecule has 1 fully saturated rings. The Balaban J connectivity index is 1.56. The van der Waals surface area contributed by atoms with Gasteiger partial charge in [-0.25, -0.2) is 0 Å². The van der Waals surface area contributed by atoms with Gasteiger partial charge in [-0.15, -0.1) is 0 Å². The van der Waals surface area contributed by atoms with Gasteiger partial charge in [-0.3, -0.25) is 14.4 Å². The van der Waals surface area contributed by atoms with E-state index < -0.39 is 0 Å². The maximum atomic E-state index is 12.9. The molecule has 3 rings (SSSR count). The number of rotatable bonds is 5. The molecule has 3 amide bonds. The summed E-state index contributed by atoms with van der Waals surface area (Å²) in [5.74, 6) is -0.319. The van der Waals surface area contributed by atoms with Crippen molar-refractivity contribution >= 4 is 17.7 Å². The van der Waals surface area contributed by atoms with Crippen LogP contribution in [0.4, 0.5) is 0 Å². The van der Waals surface area contributed by atoms with E-state index in [0.29, 0.717) is 44.6 Å². The Hall–Kier alpha value is -3.15. The second kappa shape index (κ2) is 11.9. The number of hydrogen-bond acceptors (Lipinski definition) is 3. The molecule has 1 aliphatic rings. The number of amides is 3. The number of hydrogen-bond donors (Lipinski definition) is 2. The minimum Gasteiger partial charge on any atom is -0.356 e. The van der Waals surface area contributed by atoms with Crippen LogP contribution < -0.4 is 10.6 Å². The van der Waals surface area contributed by atoms with Gasteiger partial charge >= 0.3 is 0 Å². The summed E-state index contributed by atoms with van der Waals surface area (Å²) in [7, 11) is 0. The number of nitrogens with zero attached hydrogens (tertiary/aromatic N) is 1. The van der Waals surface area contributed by atoms with Gasteiger partial charge in [-0.1, -0.05) is 48.5 Å². The largest absolute Gasteiger partial charge is 0.356 e. The summed E-state index contributed by atoms with van der Waals surface area (Å²) in [6.07, 6.45) is 3.08. The zero-order chi connectivity index (χ0) is 21.9. The van der Waals surface area contributed by atoms with Crippen LogP contribution in [-0.2, 0) is 16.0 Å². The smallest absolute Gasteiger partial charge is 0.253 e. The highest BCUT2D eigenvalue weighted by molar-refractivity contribution is 5.94. The van der Waals surface area contributed by atoms with Gasteiger partial charge in [0, 0.05) is 44.1 Å². The van der Waals surface area contributed by atoms with Crippen molar-refractivity contribution in [3.05, 3.63) is 71.8 Å². The molecule has 1 heterocycles. The van der Waals surface area contributed by atoms with E-state index in [1.165, 1.54) is 5.56 Å². The molecule has 2 N–H and O–H groups in total. The third-order valence-corrected chi connectivity index (χ3v) is 5.64. The summed E-state index contributed by atoms with van der Waals surface area (Å²) in [6.45, 7) is 1.98. The highest BCUT2D eigenvalue weighted by Crippen LogP contribution is 2.15. The average Bonchev–Trinajstić information content (AvgIpc) is 2.84. The van der Waals surface area contributed by atoms with Gasteiger partial charge in [0.05, 0.1) is 0 Å². The first-order valence-corrected chi connectivity index (χ1v) is 11.1. The lowest BCUT2D eigenvalue weighted by Crippen LogP contribution is -2.35. The molecule has 0 spiro atoms. The van der Waals surface area contributed by atoms with E-state index in [1.54, 1.807) is 17.0 Å². The predicted octanol–water partition coefficient (Wildman–Crippen LogP) is 2.79. The van der Waals surface area contributed by atoms with Crippen LogP contribution in [0.1, 0.15) is 41.6 Å². The molecule has 2 aromatic carbocycles. The minimum absolute atomic E-state index is 0.0189. The van der Waals surface area contributed by atoms with Crippen molar-refractivity contribution in [1.82, 2.24) is 15.5 Å². The number of carbonyl (C=O) groups is 3. The summed E-state index contributed by atoms with van der Waals surface area (Å²) < 4.78 is 0. The van der Waals surface area contributed by atoms with E-state index in [9.17, 15) is 14.4 Å². The molecule has 0 aromatic heterocycles. The minimum atomic E-state index is -0.178. The zero-order valence-corrected chi connectivity index (χ0v) is 17.9. The first-order chi connectivity index (χ1) is 15.1. The summed E-state index contributed by atoms with van der Waals surface area (Å²) in [6, 6.07) is 19.2. The number of nitrogens with one attached hydrogen (secondary N) is 2. The van der Waals surface area contributed by atoms with Crippen LogP contribution in [0.3, 0.4) is 0 Å². The fraction of sp³-hybridized carbons (Fsp3) is 0.400. The van der Waals surface area contributed by atoms with E-state index >= 15 is 0 Å². The van der Waals surface area contributed by atoms with Gasteiger partial charge in [0.25, 0.3) is 5.91 Å². The van der Waals surface area contributed by atoms with Gasteiger partial charge in [-0.2, -0.15) is 0 Å². The predicted molar refractivity (Wildman–Crippen MR) is 120 cm³/mol. The van der Waals surface area contributed by atoms with Crippen molar-refractivity contribution in [3.63, 3.8) is 0 Å². The Labute approximate surface area is 184 Å². The summed E-state index contributed by atoms with van der Waals surface area (Å²) in [5.41, 5.74) is 1.81. The molecule has 1 saturated heterocycles. The Morgan fingerprint density at radius 3 is 2.42 bits per heavy atom. The second-order valence-electron chi connectivity index (χ2n) is 7.91. The second-order valence-corrected chi connectivity index (χ2v) is 7.91. The van der Waals surface area contributed by atoms with Crippen LogP contribution in [-0.4, -0.2) is 48.8 Å². The Morgan fingerprint density at radius 2 is 1.68 bits per heavy atom. The lowest BCUT2D eigenvalue weighted by Gasteiger charge is -2.23. The number of carbonyl (C=O) groups excluding carboxylic acids is 3. The van der Waals surface area contributed by atoms with E-state index in [4.69, 9.17) is 0 Å². The van der Waals surface area contributed by atoms with Crippen LogP contribution in [0.15, 0.2) is 60.7 Å². The Morgan fingerprint density at radius 1 is 0.968 bits per heavy atom. The average molecular weight is 422 g/mol. The topological polar surface area (TPSA) is 78.5 Å². The SMILES string of the molecule is O=C1CCN(C(=O)c2ccccc2)CCCC(C(=O)NCCc2ccccc2)CCN1. The summed E-state index contributed by atoms with van der Waals surface area (Å²) in [4.78, 5) is 39.5. The lowest BCUT2D eigenvalue weighted by molar-refractivity contribution is -0.126. The molecule has 0 bridgehead atoms. The highest BCUT2D eigenvalue weighted by atomic mass is 16.2. The van der Waals surface area contributed by atoms with Crippen LogP contribution in [0.2, 0.25) is 0 Å². The van der Waals surface area contributed by atoms with Crippen LogP contribution >= 0.6 is 0 Å². The lowest BCUT2D eigenvalue weighted by atomic mass is 9.97. The van der Waals surface area contributed by atoms with Gasteiger partial charge in [0.15, 0.2) is 0 Å². The van der Waals surface area contributed by atoms with Gasteiger partial charge in [0.2, 0.25) is 11.8 Å². The van der Waals surface area contributed by atoms with Crippen LogP contribution in [0, 0.1) is 5.92 Å². The molecule has 1 aliphatic heterocycles. The molecule has 0 aliphatic carbocycles. The van der Waals surface area contributed by atoms with Gasteiger partial charge < -0.3 is 15.5 Å². The molecule has 164 valence electrons.